The average molecular weight is 826 g/mol. The van der Waals surface area contributed by atoms with Crippen molar-refractivity contribution in [3.63, 3.8) is 0 Å². The Labute approximate surface area is 359 Å². The Balaban J connectivity index is 2.25. The minimum atomic E-state index is -0.865. The summed E-state index contributed by atoms with van der Waals surface area (Å²) in [6.07, 6.45) is 0. The predicted molar refractivity (Wildman–Crippen MR) is 247 cm³/mol. The number of benzene rings is 3. The normalized spacial score (nSPS) is 14.9. The van der Waals surface area contributed by atoms with E-state index in [9.17, 15) is 15.3 Å². The first-order valence-electron chi connectivity index (χ1n) is 21.5. The van der Waals surface area contributed by atoms with Crippen LogP contribution in [0, 0.1) is 0 Å². The average Bonchev–Trinajstić information content (AvgIpc) is 3.05. The lowest BCUT2D eigenvalue weighted by Crippen LogP contribution is -2.57. The molecule has 0 aliphatic heterocycles. The number of hydrogen-bond acceptors (Lipinski definition) is 6. The van der Waals surface area contributed by atoms with Crippen LogP contribution >= 0.6 is 0 Å². The summed E-state index contributed by atoms with van der Waals surface area (Å²) < 4.78 is 3.52. The molecule has 60 heavy (non-hydrogen) atoms. The molecule has 3 aromatic carbocycles. The lowest BCUT2D eigenvalue weighted by atomic mass is 9.77. The Morgan fingerprint density at radius 2 is 0.467 bits per heavy atom. The van der Waals surface area contributed by atoms with Gasteiger partial charge in [0.25, 0.3) is 0 Å². The van der Waals surface area contributed by atoms with Gasteiger partial charge in [0.15, 0.2) is 0 Å². The first kappa shape index (κ1) is 48.1. The van der Waals surface area contributed by atoms with E-state index in [-0.39, 0.29) is 17.2 Å². The fourth-order valence-corrected chi connectivity index (χ4v) is 8.16. The summed E-state index contributed by atoms with van der Waals surface area (Å²) in [4.78, 5) is 45.6. The molecule has 9 heteroatoms. The number of rotatable bonds is 6. The smallest absolute Gasteiger partial charge is 0.337 e. The molecule has 4 aromatic rings. The number of aromatic hydroxyl groups is 3. The summed E-state index contributed by atoms with van der Waals surface area (Å²) in [5.41, 5.74) is 0.857. The standard InChI is InChI=1S/C51H75N3O6/c1-28(31-22-34(46(4,5)6)40(55)35(23-31)47(7,8)9)52-43(58)53(29(2)32-24-36(48(10,11)12)41(56)37(25-32)49(13,14)15)45(60)54(44(52)59)30(3)33-26-38(50(16,17)18)42(57)39(27-33)51(19,20)21/h22-30,55-57H,1-21H3. The molecule has 0 saturated heterocycles. The third kappa shape index (κ3) is 9.06. The summed E-state index contributed by atoms with van der Waals surface area (Å²) in [5, 5.41) is 34.8. The van der Waals surface area contributed by atoms with E-state index in [1.807, 2.05) is 161 Å². The highest BCUT2D eigenvalue weighted by Gasteiger charge is 2.34. The quantitative estimate of drug-likeness (QED) is 0.178. The van der Waals surface area contributed by atoms with Crippen LogP contribution in [0.2, 0.25) is 0 Å². The van der Waals surface area contributed by atoms with Crippen molar-refractivity contribution in [1.29, 1.82) is 0 Å². The first-order chi connectivity index (χ1) is 26.8. The third-order valence-corrected chi connectivity index (χ3v) is 12.1. The van der Waals surface area contributed by atoms with E-state index in [2.05, 4.69) is 0 Å². The van der Waals surface area contributed by atoms with Gasteiger partial charge in [-0.25, -0.2) is 28.1 Å². The SMILES string of the molecule is CC(c1cc(C(C)(C)C)c(O)c(C(C)(C)C)c1)n1c(=O)n(C(C)c2cc(C(C)(C)C)c(O)c(C(C)(C)C)c2)c(=O)n(C(C)c2cc(C(C)(C)C)c(O)c(C(C)(C)C)c2)c1=O. The second kappa shape index (κ2) is 15.4. The van der Waals surface area contributed by atoms with Gasteiger partial charge in [0.2, 0.25) is 0 Å². The third-order valence-electron chi connectivity index (χ3n) is 12.1. The van der Waals surface area contributed by atoms with Crippen LogP contribution in [0.1, 0.15) is 214 Å². The Morgan fingerprint density at radius 1 is 0.333 bits per heavy atom. The molecule has 0 aliphatic carbocycles. The number of aromatic nitrogens is 3. The molecule has 9 nitrogen and oxygen atoms in total. The van der Waals surface area contributed by atoms with Crippen LogP contribution in [-0.4, -0.2) is 29.0 Å². The van der Waals surface area contributed by atoms with Crippen LogP contribution in [0.25, 0.3) is 0 Å². The highest BCUT2D eigenvalue weighted by Crippen LogP contribution is 2.44. The van der Waals surface area contributed by atoms with Gasteiger partial charge in [-0.2, -0.15) is 0 Å². The Morgan fingerprint density at radius 3 is 0.583 bits per heavy atom. The zero-order valence-electron chi connectivity index (χ0n) is 40.6. The van der Waals surface area contributed by atoms with Crippen molar-refractivity contribution >= 4 is 0 Å². The number of phenols is 3. The van der Waals surface area contributed by atoms with Crippen molar-refractivity contribution in [2.24, 2.45) is 0 Å². The molecule has 1 aromatic heterocycles. The topological polar surface area (TPSA) is 127 Å². The van der Waals surface area contributed by atoms with Gasteiger partial charge >= 0.3 is 17.1 Å². The maximum Gasteiger partial charge on any atom is 0.337 e. The van der Waals surface area contributed by atoms with Gasteiger partial charge in [0.1, 0.15) is 17.2 Å². The van der Waals surface area contributed by atoms with Gasteiger partial charge in [-0.15, -0.1) is 0 Å². The van der Waals surface area contributed by atoms with Crippen LogP contribution < -0.4 is 17.1 Å². The molecular weight excluding hydrogens is 751 g/mol. The second-order valence-corrected chi connectivity index (χ2v) is 23.4. The van der Waals surface area contributed by atoms with Crippen LogP contribution in [0.3, 0.4) is 0 Å². The Bertz CT molecular complexity index is 2060. The summed E-state index contributed by atoms with van der Waals surface area (Å²) in [7, 11) is 0. The molecule has 0 aliphatic rings. The molecular formula is C51H75N3O6. The molecule has 0 amide bonds. The molecule has 0 saturated carbocycles. The molecule has 1 heterocycles. The summed E-state index contributed by atoms with van der Waals surface area (Å²) in [5.74, 6) is 0.531. The van der Waals surface area contributed by atoms with E-state index < -0.39 is 67.7 Å². The van der Waals surface area contributed by atoms with Crippen molar-refractivity contribution < 1.29 is 15.3 Å². The fourth-order valence-electron chi connectivity index (χ4n) is 8.16. The van der Waals surface area contributed by atoms with E-state index in [1.54, 1.807) is 20.8 Å². The molecule has 0 fully saturated rings. The molecule has 3 unspecified atom stereocenters. The maximum absolute atomic E-state index is 15.2. The summed E-state index contributed by atoms with van der Waals surface area (Å²) in [6.45, 7) is 41.5. The van der Waals surface area contributed by atoms with E-state index >= 15 is 14.4 Å². The van der Waals surface area contributed by atoms with Crippen LogP contribution in [0.4, 0.5) is 0 Å². The van der Waals surface area contributed by atoms with Crippen molar-refractivity contribution in [1.82, 2.24) is 13.7 Å². The van der Waals surface area contributed by atoms with E-state index in [0.29, 0.717) is 50.1 Å². The van der Waals surface area contributed by atoms with Gasteiger partial charge in [0.05, 0.1) is 18.1 Å². The zero-order valence-corrected chi connectivity index (χ0v) is 40.6. The molecule has 0 bridgehead atoms. The van der Waals surface area contributed by atoms with E-state index in [0.717, 1.165) is 0 Å². The highest BCUT2D eigenvalue weighted by molar-refractivity contribution is 5.53. The first-order valence-corrected chi connectivity index (χ1v) is 21.5. The fraction of sp³-hybridized carbons (Fsp3) is 0.588. The largest absolute Gasteiger partial charge is 0.507 e. The number of phenolic OH excluding ortho intramolecular Hbond substituents is 3. The van der Waals surface area contributed by atoms with Crippen molar-refractivity contribution in [2.75, 3.05) is 0 Å². The second-order valence-electron chi connectivity index (χ2n) is 23.4. The Kier molecular flexibility index (Phi) is 12.4. The van der Waals surface area contributed by atoms with Gasteiger partial charge in [-0.3, -0.25) is 0 Å². The number of nitrogens with zero attached hydrogens (tertiary/aromatic N) is 3. The van der Waals surface area contributed by atoms with Gasteiger partial charge in [0, 0.05) is 0 Å². The predicted octanol–water partition coefficient (Wildman–Crippen LogP) is 10.9. The lowest BCUT2D eigenvalue weighted by molar-refractivity contribution is 0.395. The molecule has 3 atom stereocenters. The molecule has 0 spiro atoms. The number of hydrogen-bond donors (Lipinski definition) is 3. The van der Waals surface area contributed by atoms with Crippen molar-refractivity contribution in [3.8, 4) is 17.2 Å². The molecule has 4 rings (SSSR count). The van der Waals surface area contributed by atoms with Crippen molar-refractivity contribution in [2.45, 2.75) is 196 Å². The van der Waals surface area contributed by atoms with E-state index in [4.69, 9.17) is 0 Å². The summed E-state index contributed by atoms with van der Waals surface area (Å²) >= 11 is 0. The van der Waals surface area contributed by atoms with Crippen LogP contribution in [0.15, 0.2) is 50.8 Å². The Hall–Kier alpha value is -4.53. The maximum atomic E-state index is 15.2. The van der Waals surface area contributed by atoms with Crippen LogP contribution in [0.5, 0.6) is 17.2 Å². The van der Waals surface area contributed by atoms with Gasteiger partial charge < -0.3 is 15.3 Å². The van der Waals surface area contributed by atoms with Gasteiger partial charge in [-0.05, 0) is 140 Å². The molecule has 330 valence electrons. The van der Waals surface area contributed by atoms with E-state index in [1.165, 1.54) is 13.7 Å². The highest BCUT2D eigenvalue weighted by atomic mass is 16.3. The zero-order chi connectivity index (χ0) is 46.4. The monoisotopic (exact) mass is 826 g/mol. The molecule has 0 radical (unpaired) electrons. The van der Waals surface area contributed by atoms with Gasteiger partial charge in [-0.1, -0.05) is 125 Å². The molecule has 3 N–H and O–H groups in total. The summed E-state index contributed by atoms with van der Waals surface area (Å²) in [6, 6.07) is 8.60. The lowest BCUT2D eigenvalue weighted by Gasteiger charge is -2.31. The van der Waals surface area contributed by atoms with Crippen LogP contribution in [-0.2, 0) is 32.5 Å². The minimum absolute atomic E-state index is 0.177. The van der Waals surface area contributed by atoms with Crippen molar-refractivity contribution in [3.05, 3.63) is 118 Å². The minimum Gasteiger partial charge on any atom is -0.507 e.